The van der Waals surface area contributed by atoms with Crippen molar-refractivity contribution in [3.63, 3.8) is 0 Å². The highest BCUT2D eigenvalue weighted by molar-refractivity contribution is 7.80. The fourth-order valence-corrected chi connectivity index (χ4v) is 6.71. The van der Waals surface area contributed by atoms with Gasteiger partial charge in [0.1, 0.15) is 0 Å². The number of benzene rings is 1. The molecule has 0 bridgehead atoms. The van der Waals surface area contributed by atoms with Gasteiger partial charge in [-0.2, -0.15) is 0 Å². The van der Waals surface area contributed by atoms with Crippen molar-refractivity contribution < 1.29 is 0 Å². The van der Waals surface area contributed by atoms with E-state index < -0.39 is 0 Å². The fraction of sp³-hybridized carbons (Fsp3) is 0.323. The van der Waals surface area contributed by atoms with Gasteiger partial charge in [-0.3, -0.25) is 9.97 Å². The lowest BCUT2D eigenvalue weighted by Gasteiger charge is -2.33. The van der Waals surface area contributed by atoms with E-state index in [1.807, 2.05) is 30.6 Å². The Bertz CT molecular complexity index is 1480. The number of nitrogens with one attached hydrogen (secondary N) is 1. The molecule has 5 heterocycles. The molecule has 1 N–H and O–H groups in total. The van der Waals surface area contributed by atoms with Gasteiger partial charge in [0, 0.05) is 42.6 Å². The van der Waals surface area contributed by atoms with Gasteiger partial charge in [0.25, 0.3) is 0 Å². The second-order valence-electron chi connectivity index (χ2n) is 10.7. The molecule has 0 aliphatic carbocycles. The van der Waals surface area contributed by atoms with Crippen LogP contribution in [0, 0.1) is 19.8 Å². The summed E-state index contributed by atoms with van der Waals surface area (Å²) in [5.41, 5.74) is 7.53. The number of aromatic nitrogens is 3. The van der Waals surface area contributed by atoms with E-state index in [0.717, 1.165) is 58.2 Å². The number of anilines is 2. The van der Waals surface area contributed by atoms with Gasteiger partial charge in [0.05, 0.1) is 40.4 Å². The van der Waals surface area contributed by atoms with E-state index in [2.05, 4.69) is 81.8 Å². The Hall–Kier alpha value is -3.42. The highest BCUT2D eigenvalue weighted by Crippen LogP contribution is 2.45. The van der Waals surface area contributed by atoms with Crippen LogP contribution in [0.5, 0.6) is 0 Å². The van der Waals surface area contributed by atoms with E-state index >= 15 is 0 Å². The summed E-state index contributed by atoms with van der Waals surface area (Å²) >= 11 is 12.9. The van der Waals surface area contributed by atoms with E-state index in [1.54, 1.807) is 6.20 Å². The van der Waals surface area contributed by atoms with E-state index in [9.17, 15) is 0 Å². The lowest BCUT2D eigenvalue weighted by Crippen LogP contribution is -2.33. The number of halogens is 1. The quantitative estimate of drug-likeness (QED) is 0.268. The van der Waals surface area contributed by atoms with E-state index in [1.165, 1.54) is 18.4 Å². The van der Waals surface area contributed by atoms with Gasteiger partial charge in [0.2, 0.25) is 0 Å². The summed E-state index contributed by atoms with van der Waals surface area (Å²) < 4.78 is 2.25. The number of nitrogens with zero attached hydrogens (tertiary/aromatic N) is 5. The van der Waals surface area contributed by atoms with Crippen LogP contribution in [0.4, 0.5) is 11.4 Å². The molecule has 4 aromatic rings. The molecular formula is C31H33ClN6S. The van der Waals surface area contributed by atoms with E-state index in [0.29, 0.717) is 5.11 Å². The van der Waals surface area contributed by atoms with Crippen LogP contribution in [0.2, 0.25) is 5.02 Å². The van der Waals surface area contributed by atoms with Gasteiger partial charge >= 0.3 is 0 Å². The lowest BCUT2D eigenvalue weighted by atomic mass is 9.96. The van der Waals surface area contributed by atoms with Crippen LogP contribution < -0.4 is 15.1 Å². The van der Waals surface area contributed by atoms with Crippen molar-refractivity contribution >= 4 is 40.3 Å². The number of aryl methyl sites for hydroxylation is 1. The van der Waals surface area contributed by atoms with Crippen molar-refractivity contribution in [2.24, 2.45) is 5.92 Å². The molecule has 8 heteroatoms. The number of thiocarbonyl (C=S) groups is 1. The Morgan fingerprint density at radius 2 is 1.79 bits per heavy atom. The third-order valence-corrected chi connectivity index (χ3v) is 8.74. The summed E-state index contributed by atoms with van der Waals surface area (Å²) in [7, 11) is 0. The molecule has 6 nitrogen and oxygen atoms in total. The number of piperidine rings is 1. The van der Waals surface area contributed by atoms with Crippen LogP contribution >= 0.6 is 23.8 Å². The molecule has 2 atom stereocenters. The monoisotopic (exact) mass is 556 g/mol. The van der Waals surface area contributed by atoms with Crippen LogP contribution in [0.25, 0.3) is 5.69 Å². The second kappa shape index (κ2) is 10.6. The van der Waals surface area contributed by atoms with Crippen molar-refractivity contribution in [1.29, 1.82) is 0 Å². The fourth-order valence-electron chi connectivity index (χ4n) is 6.07. The molecule has 0 unspecified atom stereocenters. The van der Waals surface area contributed by atoms with Crippen molar-refractivity contribution in [1.82, 2.24) is 19.9 Å². The van der Waals surface area contributed by atoms with Gasteiger partial charge < -0.3 is 19.7 Å². The first-order valence-electron chi connectivity index (χ1n) is 13.6. The SMILES string of the molecule is Cc1cc([C@@H]2[C@H](c3ccccn3)NC(=S)N2c2ccc(N3CCC(C)CC3)c(Cl)c2)c(C)n1-c1cccnc1. The summed E-state index contributed by atoms with van der Waals surface area (Å²) in [6.07, 6.45) is 7.92. The topological polar surface area (TPSA) is 49.2 Å². The molecule has 6 rings (SSSR count). The van der Waals surface area contributed by atoms with Crippen LogP contribution in [-0.4, -0.2) is 32.7 Å². The minimum Gasteiger partial charge on any atom is -0.370 e. The normalized spacial score (nSPS) is 19.9. The summed E-state index contributed by atoms with van der Waals surface area (Å²) in [5, 5.41) is 5.00. The number of pyridine rings is 2. The molecule has 2 aliphatic heterocycles. The summed E-state index contributed by atoms with van der Waals surface area (Å²) in [4.78, 5) is 13.7. The van der Waals surface area contributed by atoms with Crippen LogP contribution in [0.3, 0.4) is 0 Å². The minimum absolute atomic E-state index is 0.109. The highest BCUT2D eigenvalue weighted by atomic mass is 35.5. The summed E-state index contributed by atoms with van der Waals surface area (Å²) in [5.74, 6) is 0.766. The average molecular weight is 557 g/mol. The van der Waals surface area contributed by atoms with Crippen molar-refractivity contribution in [3.05, 3.63) is 101 Å². The Balaban J connectivity index is 1.43. The predicted molar refractivity (Wildman–Crippen MR) is 163 cm³/mol. The smallest absolute Gasteiger partial charge is 0.174 e. The first-order chi connectivity index (χ1) is 18.9. The Morgan fingerprint density at radius 1 is 0.974 bits per heavy atom. The summed E-state index contributed by atoms with van der Waals surface area (Å²) in [6, 6.07) is 18.5. The Morgan fingerprint density at radius 3 is 2.49 bits per heavy atom. The maximum atomic E-state index is 6.96. The maximum Gasteiger partial charge on any atom is 0.174 e. The van der Waals surface area contributed by atoms with Crippen LogP contribution in [0.15, 0.2) is 73.2 Å². The van der Waals surface area contributed by atoms with E-state index in [-0.39, 0.29) is 12.1 Å². The lowest BCUT2D eigenvalue weighted by molar-refractivity contribution is 0.438. The Labute approximate surface area is 240 Å². The standard InChI is InChI=1S/C31H33ClN6S/c1-20-11-15-36(16-12-20)28-10-9-23(18-26(28)32)38-30(29(35-31(38)39)27-8-4-5-14-34-27)25-17-21(2)37(22(25)3)24-7-6-13-33-19-24/h4-10,13-14,17-20,29-30H,11-12,15-16H2,1-3H3,(H,35,39)/t29-,30+/m0/s1. The van der Waals surface area contributed by atoms with Gasteiger partial charge in [-0.15, -0.1) is 0 Å². The van der Waals surface area contributed by atoms with Gasteiger partial charge in [-0.1, -0.05) is 24.6 Å². The minimum atomic E-state index is -0.122. The zero-order valence-corrected chi connectivity index (χ0v) is 24.1. The van der Waals surface area contributed by atoms with Crippen molar-refractivity contribution in [3.8, 4) is 5.69 Å². The third kappa shape index (κ3) is 4.79. The molecule has 1 aromatic carbocycles. The predicted octanol–water partition coefficient (Wildman–Crippen LogP) is 6.95. The largest absolute Gasteiger partial charge is 0.370 e. The molecule has 0 spiro atoms. The van der Waals surface area contributed by atoms with Crippen LogP contribution in [0.1, 0.15) is 54.5 Å². The molecule has 3 aromatic heterocycles. The van der Waals surface area contributed by atoms with Gasteiger partial charge in [-0.25, -0.2) is 0 Å². The molecule has 39 heavy (non-hydrogen) atoms. The van der Waals surface area contributed by atoms with E-state index in [4.69, 9.17) is 28.8 Å². The molecule has 0 amide bonds. The zero-order chi connectivity index (χ0) is 27.1. The van der Waals surface area contributed by atoms with Crippen molar-refractivity contribution in [2.45, 2.75) is 45.7 Å². The molecule has 2 saturated heterocycles. The third-order valence-electron chi connectivity index (χ3n) is 8.12. The van der Waals surface area contributed by atoms with Gasteiger partial charge in [-0.05, 0) is 98.9 Å². The molecule has 2 aliphatic rings. The second-order valence-corrected chi connectivity index (χ2v) is 11.5. The molecule has 200 valence electrons. The molecule has 0 radical (unpaired) electrons. The van der Waals surface area contributed by atoms with Gasteiger partial charge in [0.15, 0.2) is 5.11 Å². The first-order valence-corrected chi connectivity index (χ1v) is 14.4. The zero-order valence-electron chi connectivity index (χ0n) is 22.5. The number of hydrogen-bond donors (Lipinski definition) is 1. The number of rotatable bonds is 5. The Kier molecular flexibility index (Phi) is 7.04. The highest BCUT2D eigenvalue weighted by Gasteiger charge is 2.42. The molecule has 0 saturated carbocycles. The van der Waals surface area contributed by atoms with Crippen LogP contribution in [-0.2, 0) is 0 Å². The number of hydrogen-bond acceptors (Lipinski definition) is 4. The molecule has 2 fully saturated rings. The van der Waals surface area contributed by atoms with Crippen molar-refractivity contribution in [2.75, 3.05) is 22.9 Å². The first kappa shape index (κ1) is 25.8. The molecular weight excluding hydrogens is 524 g/mol. The average Bonchev–Trinajstić information content (AvgIpc) is 3.45. The maximum absolute atomic E-state index is 6.96. The summed E-state index contributed by atoms with van der Waals surface area (Å²) in [6.45, 7) is 8.70.